The lowest BCUT2D eigenvalue weighted by Crippen LogP contribution is -2.36. The molecule has 4 nitrogen and oxygen atoms in total. The number of benzene rings is 1. The van der Waals surface area contributed by atoms with E-state index in [1.807, 2.05) is 36.4 Å². The van der Waals surface area contributed by atoms with Crippen LogP contribution in [0.4, 0.5) is 5.69 Å². The van der Waals surface area contributed by atoms with Gasteiger partial charge in [0.1, 0.15) is 6.04 Å². The maximum Gasteiger partial charge on any atom is 0.239 e. The Bertz CT molecular complexity index is 579. The highest BCUT2D eigenvalue weighted by Crippen LogP contribution is 2.21. The number of primary amides is 1. The van der Waals surface area contributed by atoms with Crippen molar-refractivity contribution in [1.82, 2.24) is 4.98 Å². The van der Waals surface area contributed by atoms with Crippen LogP contribution in [0.1, 0.15) is 20.3 Å². The van der Waals surface area contributed by atoms with Crippen LogP contribution in [0.2, 0.25) is 0 Å². The largest absolute Gasteiger partial charge is 0.374 e. The van der Waals surface area contributed by atoms with E-state index in [0.717, 1.165) is 23.2 Å². The molecule has 0 aliphatic carbocycles. The molecule has 3 N–H and O–H groups in total. The maximum absolute atomic E-state index is 11.5. The Morgan fingerprint density at radius 2 is 1.67 bits per heavy atom. The number of carbonyl (C=O) groups excluding carboxylic acids is 1. The fourth-order valence-corrected chi connectivity index (χ4v) is 2.22. The van der Waals surface area contributed by atoms with Gasteiger partial charge in [0.2, 0.25) is 5.91 Å². The average molecular weight is 283 g/mol. The van der Waals surface area contributed by atoms with Crippen LogP contribution in [-0.2, 0) is 4.79 Å². The lowest BCUT2D eigenvalue weighted by molar-refractivity contribution is -0.119. The SMILES string of the molecule is CC(C)C[C@@H](Nc1ccc(-c2ccncc2)cc1)C(N)=O. The first kappa shape index (κ1) is 15.0. The summed E-state index contributed by atoms with van der Waals surface area (Å²) in [6.07, 6.45) is 4.27. The maximum atomic E-state index is 11.5. The van der Waals surface area contributed by atoms with Gasteiger partial charge in [0.25, 0.3) is 0 Å². The predicted molar refractivity (Wildman–Crippen MR) is 85.7 cm³/mol. The summed E-state index contributed by atoms with van der Waals surface area (Å²) in [7, 11) is 0. The van der Waals surface area contributed by atoms with Gasteiger partial charge in [0.05, 0.1) is 0 Å². The summed E-state index contributed by atoms with van der Waals surface area (Å²) in [6, 6.07) is 11.6. The molecule has 2 rings (SSSR count). The minimum Gasteiger partial charge on any atom is -0.374 e. The molecule has 1 atom stereocenters. The number of nitrogens with zero attached hydrogens (tertiary/aromatic N) is 1. The molecule has 0 aliphatic rings. The second-order valence-electron chi connectivity index (χ2n) is 5.54. The van der Waals surface area contributed by atoms with Crippen molar-refractivity contribution < 1.29 is 4.79 Å². The smallest absolute Gasteiger partial charge is 0.239 e. The van der Waals surface area contributed by atoms with Gasteiger partial charge in [-0.25, -0.2) is 0 Å². The molecule has 0 radical (unpaired) electrons. The normalized spacial score (nSPS) is 12.1. The Hall–Kier alpha value is -2.36. The highest BCUT2D eigenvalue weighted by molar-refractivity contribution is 5.83. The van der Waals surface area contributed by atoms with Crippen molar-refractivity contribution in [2.75, 3.05) is 5.32 Å². The number of amides is 1. The molecule has 1 aromatic carbocycles. The number of aromatic nitrogens is 1. The number of carbonyl (C=O) groups is 1. The van der Waals surface area contributed by atoms with E-state index in [1.165, 1.54) is 0 Å². The zero-order valence-electron chi connectivity index (χ0n) is 12.4. The Labute approximate surface area is 125 Å². The third kappa shape index (κ3) is 4.31. The molecule has 110 valence electrons. The highest BCUT2D eigenvalue weighted by atomic mass is 16.1. The fraction of sp³-hybridized carbons (Fsp3) is 0.294. The molecule has 0 saturated carbocycles. The summed E-state index contributed by atoms with van der Waals surface area (Å²) < 4.78 is 0. The Morgan fingerprint density at radius 3 is 2.19 bits per heavy atom. The van der Waals surface area contributed by atoms with Gasteiger partial charge in [-0.1, -0.05) is 26.0 Å². The third-order valence-corrected chi connectivity index (χ3v) is 3.29. The second-order valence-corrected chi connectivity index (χ2v) is 5.54. The van der Waals surface area contributed by atoms with E-state index < -0.39 is 0 Å². The number of rotatable bonds is 6. The first-order valence-corrected chi connectivity index (χ1v) is 7.12. The number of anilines is 1. The van der Waals surface area contributed by atoms with Gasteiger partial charge in [0.15, 0.2) is 0 Å². The van der Waals surface area contributed by atoms with Gasteiger partial charge in [0, 0.05) is 18.1 Å². The molecule has 0 unspecified atom stereocenters. The zero-order valence-corrected chi connectivity index (χ0v) is 12.4. The van der Waals surface area contributed by atoms with E-state index >= 15 is 0 Å². The molecule has 0 saturated heterocycles. The predicted octanol–water partition coefficient (Wildman–Crippen LogP) is 3.06. The van der Waals surface area contributed by atoms with Crippen LogP contribution in [0.25, 0.3) is 11.1 Å². The van der Waals surface area contributed by atoms with Gasteiger partial charge in [-0.3, -0.25) is 9.78 Å². The molecule has 0 spiro atoms. The van der Waals surface area contributed by atoms with Gasteiger partial charge < -0.3 is 11.1 Å². The summed E-state index contributed by atoms with van der Waals surface area (Å²) in [5, 5.41) is 3.20. The highest BCUT2D eigenvalue weighted by Gasteiger charge is 2.16. The lowest BCUT2D eigenvalue weighted by Gasteiger charge is -2.18. The number of hydrogen-bond donors (Lipinski definition) is 2. The summed E-state index contributed by atoms with van der Waals surface area (Å²) in [5.41, 5.74) is 8.57. The zero-order chi connectivity index (χ0) is 15.2. The topological polar surface area (TPSA) is 68.0 Å². The van der Waals surface area contributed by atoms with E-state index in [0.29, 0.717) is 5.92 Å². The van der Waals surface area contributed by atoms with Crippen LogP contribution in [0, 0.1) is 5.92 Å². The first-order valence-electron chi connectivity index (χ1n) is 7.12. The molecule has 0 bridgehead atoms. The summed E-state index contributed by atoms with van der Waals surface area (Å²) in [4.78, 5) is 15.5. The van der Waals surface area contributed by atoms with Gasteiger partial charge in [-0.05, 0) is 47.7 Å². The van der Waals surface area contributed by atoms with Crippen molar-refractivity contribution in [3.05, 3.63) is 48.8 Å². The van der Waals surface area contributed by atoms with E-state index in [2.05, 4.69) is 24.1 Å². The van der Waals surface area contributed by atoms with Crippen molar-refractivity contribution in [3.8, 4) is 11.1 Å². The van der Waals surface area contributed by atoms with Crippen molar-refractivity contribution in [2.45, 2.75) is 26.3 Å². The summed E-state index contributed by atoms with van der Waals surface area (Å²) >= 11 is 0. The molecule has 4 heteroatoms. The Balaban J connectivity index is 2.10. The van der Waals surface area contributed by atoms with Crippen molar-refractivity contribution in [1.29, 1.82) is 0 Å². The van der Waals surface area contributed by atoms with Gasteiger partial charge in [-0.15, -0.1) is 0 Å². The Kier molecular flexibility index (Phi) is 4.93. The third-order valence-electron chi connectivity index (χ3n) is 3.29. The molecule has 21 heavy (non-hydrogen) atoms. The summed E-state index contributed by atoms with van der Waals surface area (Å²) in [5.74, 6) is 0.0907. The second kappa shape index (κ2) is 6.88. The summed E-state index contributed by atoms with van der Waals surface area (Å²) in [6.45, 7) is 4.15. The number of pyridine rings is 1. The van der Waals surface area contributed by atoms with Crippen LogP contribution in [-0.4, -0.2) is 16.9 Å². The lowest BCUT2D eigenvalue weighted by atomic mass is 10.0. The number of nitrogens with one attached hydrogen (secondary N) is 1. The van der Waals surface area contributed by atoms with Gasteiger partial charge >= 0.3 is 0 Å². The first-order chi connectivity index (χ1) is 10.1. The molecule has 0 aliphatic heterocycles. The quantitative estimate of drug-likeness (QED) is 0.856. The average Bonchev–Trinajstić information content (AvgIpc) is 2.48. The van der Waals surface area contributed by atoms with Crippen LogP contribution in [0.15, 0.2) is 48.8 Å². The fourth-order valence-electron chi connectivity index (χ4n) is 2.22. The van der Waals surface area contributed by atoms with Crippen LogP contribution in [0.3, 0.4) is 0 Å². The molecule has 1 amide bonds. The van der Waals surface area contributed by atoms with Crippen molar-refractivity contribution in [2.24, 2.45) is 11.7 Å². The molecule has 1 aromatic heterocycles. The van der Waals surface area contributed by atoms with Crippen molar-refractivity contribution in [3.63, 3.8) is 0 Å². The minimum atomic E-state index is -0.336. The molecule has 1 heterocycles. The van der Waals surface area contributed by atoms with E-state index in [-0.39, 0.29) is 11.9 Å². The van der Waals surface area contributed by atoms with Crippen molar-refractivity contribution >= 4 is 11.6 Å². The van der Waals surface area contributed by atoms with Crippen LogP contribution < -0.4 is 11.1 Å². The molecular formula is C17H21N3O. The van der Waals surface area contributed by atoms with E-state index in [4.69, 9.17) is 5.73 Å². The standard InChI is InChI=1S/C17H21N3O/c1-12(2)11-16(17(18)21)20-15-5-3-13(4-6-15)14-7-9-19-10-8-14/h3-10,12,16,20H,11H2,1-2H3,(H2,18,21)/t16-/m1/s1. The van der Waals surface area contributed by atoms with E-state index in [9.17, 15) is 4.79 Å². The minimum absolute atomic E-state index is 0.318. The molecular weight excluding hydrogens is 262 g/mol. The van der Waals surface area contributed by atoms with Crippen LogP contribution in [0.5, 0.6) is 0 Å². The molecule has 0 fully saturated rings. The van der Waals surface area contributed by atoms with E-state index in [1.54, 1.807) is 12.4 Å². The number of hydrogen-bond acceptors (Lipinski definition) is 3. The monoisotopic (exact) mass is 283 g/mol. The number of nitrogens with two attached hydrogens (primary N) is 1. The Morgan fingerprint density at radius 1 is 1.10 bits per heavy atom. The van der Waals surface area contributed by atoms with Gasteiger partial charge in [-0.2, -0.15) is 0 Å². The molecule has 2 aromatic rings. The van der Waals surface area contributed by atoms with Crippen LogP contribution >= 0.6 is 0 Å².